The Morgan fingerprint density at radius 1 is 1.30 bits per heavy atom. The van der Waals surface area contributed by atoms with E-state index in [1.54, 1.807) is 6.20 Å². The minimum Gasteiger partial charge on any atom is -0.489 e. The molecule has 0 saturated carbocycles. The van der Waals surface area contributed by atoms with Gasteiger partial charge in [0.2, 0.25) is 0 Å². The largest absolute Gasteiger partial charge is 0.489 e. The minimum atomic E-state index is 0.631. The van der Waals surface area contributed by atoms with Crippen molar-refractivity contribution in [2.45, 2.75) is 0 Å². The van der Waals surface area contributed by atoms with Crippen LogP contribution in [-0.4, -0.2) is 19.8 Å². The molecule has 1 radical (unpaired) electrons. The molecule has 0 aromatic rings. The van der Waals surface area contributed by atoms with Crippen molar-refractivity contribution in [2.75, 3.05) is 19.8 Å². The summed E-state index contributed by atoms with van der Waals surface area (Å²) in [6, 6.07) is 0. The molecule has 3 heteroatoms. The number of hydrogen-bond donors (Lipinski definition) is 0. The summed E-state index contributed by atoms with van der Waals surface area (Å²) in [5, 5.41) is 4.02. The highest BCUT2D eigenvalue weighted by atomic mass is 16.6. The summed E-state index contributed by atoms with van der Waals surface area (Å²) in [5.41, 5.74) is 0. The van der Waals surface area contributed by atoms with E-state index in [9.17, 15) is 0 Å². The zero-order chi connectivity index (χ0) is 6.81. The summed E-state index contributed by atoms with van der Waals surface area (Å²) in [6.07, 6.45) is 3.57. The van der Waals surface area contributed by atoms with Crippen LogP contribution in [0.25, 0.3) is 0 Å². The number of rotatable bonds is 0. The molecule has 2 heterocycles. The van der Waals surface area contributed by atoms with Gasteiger partial charge >= 0.3 is 0 Å². The van der Waals surface area contributed by atoms with Crippen molar-refractivity contribution >= 4 is 0 Å². The smallest absolute Gasteiger partial charge is 0.160 e. The molecule has 0 fully saturated rings. The molecule has 0 aliphatic carbocycles. The Morgan fingerprint density at radius 2 is 2.20 bits per heavy atom. The second kappa shape index (κ2) is 2.25. The molecular weight excluding hydrogens is 130 g/mol. The zero-order valence-corrected chi connectivity index (χ0v) is 5.54. The average molecular weight is 138 g/mol. The molecule has 0 aromatic heterocycles. The quantitative estimate of drug-likeness (QED) is 0.484. The zero-order valence-electron chi connectivity index (χ0n) is 5.54. The van der Waals surface area contributed by atoms with Crippen molar-refractivity contribution < 1.29 is 9.47 Å². The first-order valence-corrected chi connectivity index (χ1v) is 3.29. The van der Waals surface area contributed by atoms with E-state index in [4.69, 9.17) is 9.47 Å². The maximum absolute atomic E-state index is 5.29. The van der Waals surface area contributed by atoms with Gasteiger partial charge in [-0.1, -0.05) is 0 Å². The van der Waals surface area contributed by atoms with E-state index in [1.165, 1.54) is 0 Å². The molecule has 0 atom stereocenters. The number of hydrogen-bond acceptors (Lipinski definition) is 2. The molecule has 0 bridgehead atoms. The van der Waals surface area contributed by atoms with Crippen LogP contribution in [0.4, 0.5) is 0 Å². The topological polar surface area (TPSA) is 32.6 Å². The monoisotopic (exact) mass is 138 g/mol. The molecule has 0 saturated heterocycles. The highest BCUT2D eigenvalue weighted by Gasteiger charge is 2.15. The molecule has 2 rings (SSSR count). The molecule has 0 N–H and O–H groups in total. The van der Waals surface area contributed by atoms with Crippen LogP contribution in [0.2, 0.25) is 0 Å². The van der Waals surface area contributed by atoms with Crippen LogP contribution >= 0.6 is 0 Å². The van der Waals surface area contributed by atoms with E-state index < -0.39 is 0 Å². The molecule has 0 unspecified atom stereocenters. The van der Waals surface area contributed by atoms with Crippen molar-refractivity contribution in [1.29, 1.82) is 0 Å². The van der Waals surface area contributed by atoms with Gasteiger partial charge in [0.15, 0.2) is 11.5 Å². The third-order valence-corrected chi connectivity index (χ3v) is 1.46. The standard InChI is InChI=1S/C7H8NO2/c1-2-8-5-7-6(1)9-3-4-10-7/h1-2H,3-5H2. The minimum absolute atomic E-state index is 0.631. The van der Waals surface area contributed by atoms with Gasteiger partial charge in [-0.05, 0) is 0 Å². The third-order valence-electron chi connectivity index (χ3n) is 1.46. The molecule has 0 amide bonds. The van der Waals surface area contributed by atoms with Gasteiger partial charge in [0.1, 0.15) is 19.8 Å². The SMILES string of the molecule is C1=CC2=C(C[N]1)OCCO2. The molecule has 0 spiro atoms. The fourth-order valence-corrected chi connectivity index (χ4v) is 0.989. The molecule has 10 heavy (non-hydrogen) atoms. The highest BCUT2D eigenvalue weighted by Crippen LogP contribution is 2.16. The van der Waals surface area contributed by atoms with Crippen molar-refractivity contribution in [2.24, 2.45) is 0 Å². The Kier molecular flexibility index (Phi) is 1.27. The molecule has 53 valence electrons. The lowest BCUT2D eigenvalue weighted by molar-refractivity contribution is 0.0651. The van der Waals surface area contributed by atoms with E-state index in [-0.39, 0.29) is 0 Å². The summed E-state index contributed by atoms with van der Waals surface area (Å²) >= 11 is 0. The second-order valence-electron chi connectivity index (χ2n) is 2.14. The Balaban J connectivity index is 2.23. The lowest BCUT2D eigenvalue weighted by atomic mass is 10.3. The maximum atomic E-state index is 5.29. The summed E-state index contributed by atoms with van der Waals surface area (Å²) in [4.78, 5) is 0. The Labute approximate surface area is 59.3 Å². The Morgan fingerprint density at radius 3 is 3.10 bits per heavy atom. The van der Waals surface area contributed by atoms with E-state index in [0.717, 1.165) is 11.5 Å². The summed E-state index contributed by atoms with van der Waals surface area (Å²) in [5.74, 6) is 1.72. The average Bonchev–Trinajstić information content (AvgIpc) is 2.05. The van der Waals surface area contributed by atoms with Crippen molar-refractivity contribution in [3.63, 3.8) is 0 Å². The fourth-order valence-electron chi connectivity index (χ4n) is 0.989. The predicted octanol–water partition coefficient (Wildman–Crippen LogP) is 0.376. The number of allylic oxidation sites excluding steroid dienone is 1. The van der Waals surface area contributed by atoms with E-state index in [1.807, 2.05) is 6.08 Å². The van der Waals surface area contributed by atoms with Crippen LogP contribution in [0.5, 0.6) is 0 Å². The fraction of sp³-hybridized carbons (Fsp3) is 0.429. The van der Waals surface area contributed by atoms with Gasteiger partial charge in [-0.15, -0.1) is 0 Å². The first kappa shape index (κ1) is 5.65. The lowest BCUT2D eigenvalue weighted by Gasteiger charge is -2.21. The van der Waals surface area contributed by atoms with Gasteiger partial charge < -0.3 is 9.47 Å². The van der Waals surface area contributed by atoms with Crippen LogP contribution in [0.1, 0.15) is 0 Å². The maximum Gasteiger partial charge on any atom is 0.160 e. The van der Waals surface area contributed by atoms with Gasteiger partial charge in [0.05, 0.1) is 0 Å². The van der Waals surface area contributed by atoms with Crippen LogP contribution < -0.4 is 5.32 Å². The molecule has 2 aliphatic rings. The van der Waals surface area contributed by atoms with Gasteiger partial charge in [0.25, 0.3) is 0 Å². The normalized spacial score (nSPS) is 22.4. The number of ether oxygens (including phenoxy) is 2. The van der Waals surface area contributed by atoms with Crippen LogP contribution in [0.15, 0.2) is 23.8 Å². The summed E-state index contributed by atoms with van der Waals surface area (Å²) < 4.78 is 10.6. The number of nitrogens with zero attached hydrogens (tertiary/aromatic N) is 1. The molecular formula is C7H8NO2. The van der Waals surface area contributed by atoms with Crippen LogP contribution in [0.3, 0.4) is 0 Å². The predicted molar refractivity (Wildman–Crippen MR) is 35.1 cm³/mol. The van der Waals surface area contributed by atoms with Crippen molar-refractivity contribution in [3.8, 4) is 0 Å². The van der Waals surface area contributed by atoms with Gasteiger partial charge in [-0.25, -0.2) is 0 Å². The molecule has 3 nitrogen and oxygen atoms in total. The molecule has 0 aromatic carbocycles. The van der Waals surface area contributed by atoms with Crippen molar-refractivity contribution in [1.82, 2.24) is 5.32 Å². The summed E-state index contributed by atoms with van der Waals surface area (Å²) in [6.45, 7) is 1.94. The first-order chi connectivity index (χ1) is 4.97. The lowest BCUT2D eigenvalue weighted by Crippen LogP contribution is -2.20. The van der Waals surface area contributed by atoms with Crippen LogP contribution in [0, 0.1) is 0 Å². The van der Waals surface area contributed by atoms with Gasteiger partial charge in [-0.2, -0.15) is 0 Å². The third kappa shape index (κ3) is 0.835. The highest BCUT2D eigenvalue weighted by molar-refractivity contribution is 5.21. The van der Waals surface area contributed by atoms with E-state index in [2.05, 4.69) is 5.32 Å². The first-order valence-electron chi connectivity index (χ1n) is 3.29. The Bertz CT molecular complexity index is 196. The second-order valence-corrected chi connectivity index (χ2v) is 2.14. The van der Waals surface area contributed by atoms with Crippen LogP contribution in [-0.2, 0) is 9.47 Å². The van der Waals surface area contributed by atoms with Gasteiger partial charge in [-0.3, -0.25) is 5.32 Å². The van der Waals surface area contributed by atoms with Crippen molar-refractivity contribution in [3.05, 3.63) is 23.8 Å². The van der Waals surface area contributed by atoms with E-state index >= 15 is 0 Å². The molecule has 2 aliphatic heterocycles. The van der Waals surface area contributed by atoms with Gasteiger partial charge in [0, 0.05) is 12.3 Å². The summed E-state index contributed by atoms with van der Waals surface area (Å²) in [7, 11) is 0. The Hall–Kier alpha value is -1.12. The van der Waals surface area contributed by atoms with E-state index in [0.29, 0.717) is 19.8 Å².